The predicted molar refractivity (Wildman–Crippen MR) is 85.2 cm³/mol. The van der Waals surface area contributed by atoms with Gasteiger partial charge in [0.25, 0.3) is 0 Å². The first-order valence-corrected chi connectivity index (χ1v) is 7.60. The molecule has 0 unspecified atom stereocenters. The third-order valence-corrected chi connectivity index (χ3v) is 4.31. The molecule has 116 valence electrons. The molecule has 5 heteroatoms. The molecule has 4 nitrogen and oxygen atoms in total. The summed E-state index contributed by atoms with van der Waals surface area (Å²) in [7, 11) is 1.99. The Hall–Kier alpha value is -2.17. The Kier molecular flexibility index (Phi) is 3.96. The number of likely N-dealkylation sites (N-methyl/N-ethyl adjacent to an activating group) is 1. The van der Waals surface area contributed by atoms with Crippen LogP contribution in [0.15, 0.2) is 23.2 Å². The molecule has 3 rings (SSSR count). The van der Waals surface area contributed by atoms with Crippen LogP contribution in [-0.4, -0.2) is 37.2 Å². The summed E-state index contributed by atoms with van der Waals surface area (Å²) in [5.74, 6) is 0.604. The van der Waals surface area contributed by atoms with E-state index in [1.54, 1.807) is 12.1 Å². The second-order valence-electron chi connectivity index (χ2n) is 5.89. The lowest BCUT2D eigenvalue weighted by molar-refractivity contribution is -0.106. The molecule has 1 aromatic rings. The van der Waals surface area contributed by atoms with Gasteiger partial charge in [-0.15, -0.1) is 0 Å². The number of hydrogen-bond acceptors (Lipinski definition) is 3. The van der Waals surface area contributed by atoms with E-state index in [1.165, 1.54) is 0 Å². The standard InChI is InChI=1S/C17H20FN3O/c1-21-8-6-13-12(15(21)10-16(19)20-7-9-22)4-5-14(18)17(13)11-2-3-11/h4-5,9-11H,2-3,6-8H2,1H3,(H2,19,20)/b15-10-. The number of fused-ring (bicyclic) bond motifs is 1. The molecule has 0 aromatic heterocycles. The minimum atomic E-state index is -0.0900. The summed E-state index contributed by atoms with van der Waals surface area (Å²) in [6.45, 7) is 0.881. The van der Waals surface area contributed by atoms with Crippen LogP contribution in [0.4, 0.5) is 4.39 Å². The van der Waals surface area contributed by atoms with E-state index in [9.17, 15) is 9.18 Å². The minimum absolute atomic E-state index is 0.0585. The quantitative estimate of drug-likeness (QED) is 0.526. The van der Waals surface area contributed by atoms with Crippen LogP contribution in [0.2, 0.25) is 0 Å². The summed E-state index contributed by atoms with van der Waals surface area (Å²) in [6.07, 6.45) is 5.48. The van der Waals surface area contributed by atoms with E-state index in [0.717, 1.165) is 48.2 Å². The van der Waals surface area contributed by atoms with Crippen molar-refractivity contribution in [3.05, 3.63) is 40.7 Å². The molecule has 0 atom stereocenters. The zero-order valence-corrected chi connectivity index (χ0v) is 12.7. The van der Waals surface area contributed by atoms with Gasteiger partial charge in [0.2, 0.25) is 0 Å². The Balaban J connectivity index is 2.05. The molecular weight excluding hydrogens is 281 g/mol. The van der Waals surface area contributed by atoms with Crippen LogP contribution in [0, 0.1) is 5.82 Å². The number of carbonyl (C=O) groups excluding carboxylic acids is 1. The monoisotopic (exact) mass is 301 g/mol. The van der Waals surface area contributed by atoms with E-state index in [1.807, 2.05) is 13.1 Å². The topological polar surface area (TPSA) is 58.7 Å². The van der Waals surface area contributed by atoms with Gasteiger partial charge in [-0.05, 0) is 48.4 Å². The molecule has 1 aliphatic carbocycles. The maximum Gasteiger partial charge on any atom is 0.141 e. The normalized spacial score (nSPS) is 20.2. The SMILES string of the molecule is CN1CCc2c(ccc(F)c2C2CC2)/C1=C/C(N)=NCC=O. The molecule has 0 radical (unpaired) electrons. The summed E-state index contributed by atoms with van der Waals surface area (Å²) < 4.78 is 14.2. The van der Waals surface area contributed by atoms with Gasteiger partial charge in [-0.2, -0.15) is 0 Å². The zero-order chi connectivity index (χ0) is 15.7. The number of nitrogens with zero attached hydrogens (tertiary/aromatic N) is 2. The molecule has 1 aliphatic heterocycles. The fourth-order valence-electron chi connectivity index (χ4n) is 3.08. The van der Waals surface area contributed by atoms with Gasteiger partial charge >= 0.3 is 0 Å². The summed E-state index contributed by atoms with van der Waals surface area (Å²) in [5.41, 5.74) is 9.83. The fourth-order valence-corrected chi connectivity index (χ4v) is 3.08. The Morgan fingerprint density at radius 3 is 2.95 bits per heavy atom. The van der Waals surface area contributed by atoms with Crippen LogP contribution < -0.4 is 5.73 Å². The van der Waals surface area contributed by atoms with E-state index < -0.39 is 0 Å². The number of aliphatic imine (C=N–C) groups is 1. The summed E-state index contributed by atoms with van der Waals surface area (Å²) in [6, 6.07) is 3.38. The lowest BCUT2D eigenvalue weighted by Gasteiger charge is -2.31. The maximum atomic E-state index is 14.2. The van der Waals surface area contributed by atoms with Crippen LogP contribution in [-0.2, 0) is 11.2 Å². The Morgan fingerprint density at radius 1 is 1.50 bits per heavy atom. The molecule has 0 saturated heterocycles. The van der Waals surface area contributed by atoms with Crippen molar-refractivity contribution in [1.82, 2.24) is 4.90 Å². The summed E-state index contributed by atoms with van der Waals surface area (Å²) >= 11 is 0. The highest BCUT2D eigenvalue weighted by molar-refractivity contribution is 5.98. The van der Waals surface area contributed by atoms with Crippen molar-refractivity contribution in [3.8, 4) is 0 Å². The van der Waals surface area contributed by atoms with Crippen LogP contribution in [0.1, 0.15) is 35.4 Å². The average molecular weight is 301 g/mol. The van der Waals surface area contributed by atoms with Gasteiger partial charge in [-0.1, -0.05) is 0 Å². The van der Waals surface area contributed by atoms with Crippen molar-refractivity contribution in [1.29, 1.82) is 0 Å². The molecule has 2 aliphatic rings. The highest BCUT2D eigenvalue weighted by Crippen LogP contribution is 2.45. The number of halogens is 1. The Bertz CT molecular complexity index is 662. The molecule has 1 aromatic carbocycles. The fraction of sp³-hybridized carbons (Fsp3) is 0.412. The van der Waals surface area contributed by atoms with Crippen LogP contribution in [0.3, 0.4) is 0 Å². The van der Waals surface area contributed by atoms with Gasteiger partial charge in [0, 0.05) is 30.9 Å². The van der Waals surface area contributed by atoms with Crippen LogP contribution >= 0.6 is 0 Å². The number of benzene rings is 1. The zero-order valence-electron chi connectivity index (χ0n) is 12.7. The van der Waals surface area contributed by atoms with E-state index in [-0.39, 0.29) is 12.4 Å². The van der Waals surface area contributed by atoms with Crippen molar-refractivity contribution in [3.63, 3.8) is 0 Å². The van der Waals surface area contributed by atoms with Gasteiger partial charge in [-0.3, -0.25) is 4.99 Å². The Labute approximate surface area is 129 Å². The first-order chi connectivity index (χ1) is 10.6. The van der Waals surface area contributed by atoms with Gasteiger partial charge in [0.1, 0.15) is 17.9 Å². The molecule has 0 bridgehead atoms. The summed E-state index contributed by atoms with van der Waals surface area (Å²) in [4.78, 5) is 16.5. The van der Waals surface area contributed by atoms with Crippen molar-refractivity contribution < 1.29 is 9.18 Å². The third-order valence-electron chi connectivity index (χ3n) is 4.31. The molecule has 1 saturated carbocycles. The van der Waals surface area contributed by atoms with E-state index in [2.05, 4.69) is 9.89 Å². The van der Waals surface area contributed by atoms with E-state index in [4.69, 9.17) is 5.73 Å². The lowest BCUT2D eigenvalue weighted by Crippen LogP contribution is -2.28. The van der Waals surface area contributed by atoms with Gasteiger partial charge in [-0.25, -0.2) is 4.39 Å². The highest BCUT2D eigenvalue weighted by Gasteiger charge is 2.32. The molecule has 22 heavy (non-hydrogen) atoms. The number of rotatable bonds is 4. The number of nitrogens with two attached hydrogens (primary N) is 1. The first-order valence-electron chi connectivity index (χ1n) is 7.60. The number of aldehydes is 1. The first kappa shape index (κ1) is 14.8. The second kappa shape index (κ2) is 5.91. The van der Waals surface area contributed by atoms with Gasteiger partial charge < -0.3 is 15.4 Å². The van der Waals surface area contributed by atoms with E-state index in [0.29, 0.717) is 18.0 Å². The Morgan fingerprint density at radius 2 is 2.27 bits per heavy atom. The molecular formula is C17H20FN3O. The molecule has 1 fully saturated rings. The second-order valence-corrected chi connectivity index (χ2v) is 5.89. The van der Waals surface area contributed by atoms with Crippen molar-refractivity contribution in [2.24, 2.45) is 10.7 Å². The molecule has 1 heterocycles. The number of hydrogen-bond donors (Lipinski definition) is 1. The third kappa shape index (κ3) is 2.75. The average Bonchev–Trinajstić information content (AvgIpc) is 3.32. The lowest BCUT2D eigenvalue weighted by atomic mass is 9.89. The number of carbonyl (C=O) groups is 1. The largest absolute Gasteiger partial charge is 0.384 e. The molecule has 2 N–H and O–H groups in total. The number of amidine groups is 1. The molecule has 0 amide bonds. The summed E-state index contributed by atoms with van der Waals surface area (Å²) in [5, 5.41) is 0. The maximum absolute atomic E-state index is 14.2. The van der Waals surface area contributed by atoms with Crippen LogP contribution in [0.5, 0.6) is 0 Å². The van der Waals surface area contributed by atoms with Crippen LogP contribution in [0.25, 0.3) is 5.70 Å². The highest BCUT2D eigenvalue weighted by atomic mass is 19.1. The smallest absolute Gasteiger partial charge is 0.141 e. The molecule has 0 spiro atoms. The predicted octanol–water partition coefficient (Wildman–Crippen LogP) is 2.09. The van der Waals surface area contributed by atoms with Crippen molar-refractivity contribution in [2.45, 2.75) is 25.2 Å². The minimum Gasteiger partial charge on any atom is -0.384 e. The van der Waals surface area contributed by atoms with Gasteiger partial charge in [0.05, 0.1) is 6.54 Å². The van der Waals surface area contributed by atoms with Crippen molar-refractivity contribution in [2.75, 3.05) is 20.1 Å². The van der Waals surface area contributed by atoms with Gasteiger partial charge in [0.15, 0.2) is 0 Å². The van der Waals surface area contributed by atoms with Crippen molar-refractivity contribution >= 4 is 17.8 Å². The van der Waals surface area contributed by atoms with E-state index >= 15 is 0 Å².